The molecule has 2 N–H and O–H groups in total. The summed E-state index contributed by atoms with van der Waals surface area (Å²) in [6.45, 7) is 8.03. The average molecular weight is 417 g/mol. The first kappa shape index (κ1) is 22.6. The SMILES string of the molecule is CC.CC/C(=C(\c1ccc(O)cc1)c1ccc(OC2CCNC2)nc1)c1ccccc1. The highest BCUT2D eigenvalue weighted by molar-refractivity contribution is 5.98. The van der Waals surface area contributed by atoms with Gasteiger partial charge in [0, 0.05) is 24.4 Å². The lowest BCUT2D eigenvalue weighted by Crippen LogP contribution is -2.20. The number of pyridine rings is 1. The van der Waals surface area contributed by atoms with Crippen LogP contribution in [0, 0.1) is 0 Å². The van der Waals surface area contributed by atoms with Crippen molar-refractivity contribution in [3.8, 4) is 11.6 Å². The van der Waals surface area contributed by atoms with Gasteiger partial charge in [0.05, 0.1) is 0 Å². The molecule has 0 aliphatic carbocycles. The van der Waals surface area contributed by atoms with Crippen LogP contribution in [0.1, 0.15) is 50.3 Å². The summed E-state index contributed by atoms with van der Waals surface area (Å²) < 4.78 is 5.98. The highest BCUT2D eigenvalue weighted by Crippen LogP contribution is 2.35. The maximum atomic E-state index is 9.74. The number of nitrogens with zero attached hydrogens (tertiary/aromatic N) is 1. The van der Waals surface area contributed by atoms with Gasteiger partial charge in [-0.3, -0.25) is 0 Å². The van der Waals surface area contributed by atoms with Crippen LogP contribution in [-0.2, 0) is 0 Å². The summed E-state index contributed by atoms with van der Waals surface area (Å²) in [5.74, 6) is 0.920. The predicted octanol–water partition coefficient (Wildman–Crippen LogP) is 5.92. The molecule has 0 radical (unpaired) electrons. The summed E-state index contributed by atoms with van der Waals surface area (Å²) in [5, 5.41) is 13.1. The molecule has 4 heteroatoms. The molecule has 4 rings (SSSR count). The van der Waals surface area contributed by atoms with Crippen LogP contribution < -0.4 is 10.1 Å². The molecular weight excluding hydrogens is 384 g/mol. The number of aromatic hydroxyl groups is 1. The predicted molar refractivity (Wildman–Crippen MR) is 128 cm³/mol. The van der Waals surface area contributed by atoms with Gasteiger partial charge in [-0.05, 0) is 59.9 Å². The molecule has 0 bridgehead atoms. The lowest BCUT2D eigenvalue weighted by Gasteiger charge is -2.17. The van der Waals surface area contributed by atoms with E-state index in [4.69, 9.17) is 4.74 Å². The number of nitrogens with one attached hydrogen (secondary N) is 1. The van der Waals surface area contributed by atoms with E-state index in [-0.39, 0.29) is 11.9 Å². The van der Waals surface area contributed by atoms with Crippen molar-refractivity contribution in [1.82, 2.24) is 10.3 Å². The minimum Gasteiger partial charge on any atom is -0.508 e. The van der Waals surface area contributed by atoms with E-state index >= 15 is 0 Å². The first-order valence-corrected chi connectivity index (χ1v) is 11.2. The zero-order valence-corrected chi connectivity index (χ0v) is 18.6. The van der Waals surface area contributed by atoms with E-state index in [9.17, 15) is 5.11 Å². The summed E-state index contributed by atoms with van der Waals surface area (Å²) in [5.41, 5.74) is 5.65. The number of hydrogen-bond acceptors (Lipinski definition) is 4. The molecular formula is C27H32N2O2. The largest absolute Gasteiger partial charge is 0.508 e. The fourth-order valence-electron chi connectivity index (χ4n) is 3.81. The number of hydrogen-bond donors (Lipinski definition) is 2. The van der Waals surface area contributed by atoms with Gasteiger partial charge in [0.25, 0.3) is 0 Å². The lowest BCUT2D eigenvalue weighted by atomic mass is 9.89. The number of allylic oxidation sites excluding steroid dienone is 1. The molecule has 1 atom stereocenters. The van der Waals surface area contributed by atoms with E-state index in [0.717, 1.165) is 42.6 Å². The van der Waals surface area contributed by atoms with Crippen LogP contribution in [0.2, 0.25) is 0 Å². The molecule has 2 heterocycles. The molecule has 1 fully saturated rings. The first-order chi connectivity index (χ1) is 15.2. The van der Waals surface area contributed by atoms with Crippen molar-refractivity contribution in [2.75, 3.05) is 13.1 Å². The van der Waals surface area contributed by atoms with Gasteiger partial charge in [0.2, 0.25) is 5.88 Å². The Hall–Kier alpha value is -3.11. The van der Waals surface area contributed by atoms with Crippen LogP contribution in [0.4, 0.5) is 0 Å². The molecule has 31 heavy (non-hydrogen) atoms. The first-order valence-electron chi connectivity index (χ1n) is 11.2. The minimum atomic E-state index is 0.191. The maximum Gasteiger partial charge on any atom is 0.213 e. The van der Waals surface area contributed by atoms with Crippen molar-refractivity contribution >= 4 is 11.1 Å². The molecule has 162 valence electrons. The average Bonchev–Trinajstić information content (AvgIpc) is 3.34. The smallest absolute Gasteiger partial charge is 0.213 e. The van der Waals surface area contributed by atoms with Crippen molar-refractivity contribution in [1.29, 1.82) is 0 Å². The Morgan fingerprint density at radius 3 is 2.26 bits per heavy atom. The Morgan fingerprint density at radius 1 is 0.968 bits per heavy atom. The third-order valence-electron chi connectivity index (χ3n) is 5.26. The van der Waals surface area contributed by atoms with Crippen LogP contribution in [0.15, 0.2) is 72.9 Å². The molecule has 1 unspecified atom stereocenters. The molecule has 2 aromatic carbocycles. The summed E-state index contributed by atoms with van der Waals surface area (Å²) in [6.07, 6.45) is 3.97. The molecule has 4 nitrogen and oxygen atoms in total. The molecule has 0 saturated carbocycles. The Balaban J connectivity index is 0.00000132. The molecule has 0 amide bonds. The second-order valence-corrected chi connectivity index (χ2v) is 7.24. The maximum absolute atomic E-state index is 9.74. The van der Waals surface area contributed by atoms with Crippen molar-refractivity contribution in [3.05, 3.63) is 89.6 Å². The normalized spacial score (nSPS) is 16.2. The van der Waals surface area contributed by atoms with Gasteiger partial charge in [-0.1, -0.05) is 63.2 Å². The van der Waals surface area contributed by atoms with E-state index in [1.54, 1.807) is 12.1 Å². The quantitative estimate of drug-likeness (QED) is 0.490. The molecule has 1 saturated heterocycles. The van der Waals surface area contributed by atoms with Gasteiger partial charge in [0.15, 0.2) is 0 Å². The number of benzene rings is 2. The third kappa shape index (κ3) is 5.74. The highest BCUT2D eigenvalue weighted by atomic mass is 16.5. The summed E-state index contributed by atoms with van der Waals surface area (Å²) >= 11 is 0. The van der Waals surface area contributed by atoms with Gasteiger partial charge in [-0.25, -0.2) is 4.98 Å². The van der Waals surface area contributed by atoms with Gasteiger partial charge in [-0.15, -0.1) is 0 Å². The van der Waals surface area contributed by atoms with Crippen molar-refractivity contribution < 1.29 is 9.84 Å². The number of rotatable bonds is 6. The second kappa shape index (κ2) is 11.3. The Bertz CT molecular complexity index is 958. The van der Waals surface area contributed by atoms with Gasteiger partial charge >= 0.3 is 0 Å². The van der Waals surface area contributed by atoms with E-state index < -0.39 is 0 Å². The number of aromatic nitrogens is 1. The van der Waals surface area contributed by atoms with Crippen molar-refractivity contribution in [2.45, 2.75) is 39.7 Å². The van der Waals surface area contributed by atoms with Gasteiger partial charge in [0.1, 0.15) is 11.9 Å². The monoisotopic (exact) mass is 416 g/mol. The van der Waals surface area contributed by atoms with Gasteiger partial charge < -0.3 is 15.2 Å². The van der Waals surface area contributed by atoms with E-state index in [2.05, 4.69) is 47.6 Å². The fraction of sp³-hybridized carbons (Fsp3) is 0.296. The molecule has 1 aliphatic heterocycles. The number of ether oxygens (including phenoxy) is 1. The van der Waals surface area contributed by atoms with E-state index in [1.165, 1.54) is 11.1 Å². The summed E-state index contributed by atoms with van der Waals surface area (Å²) in [7, 11) is 0. The van der Waals surface area contributed by atoms with Crippen LogP contribution in [-0.4, -0.2) is 29.3 Å². The van der Waals surface area contributed by atoms with Crippen molar-refractivity contribution in [2.24, 2.45) is 0 Å². The summed E-state index contributed by atoms with van der Waals surface area (Å²) in [4.78, 5) is 4.58. The zero-order chi connectivity index (χ0) is 22.1. The summed E-state index contributed by atoms with van der Waals surface area (Å²) in [6, 6.07) is 21.8. The standard InChI is InChI=1S/C25H26N2O2.C2H6/c1-2-23(18-6-4-3-5-7-18)25(19-8-11-21(28)12-9-19)20-10-13-24(27-16-20)29-22-14-15-26-17-22;1-2/h3-13,16,22,26,28H,2,14-15,17H2,1H3;1-2H3/b25-23-;. The second-order valence-electron chi connectivity index (χ2n) is 7.24. The van der Waals surface area contributed by atoms with Crippen LogP contribution in [0.3, 0.4) is 0 Å². The Kier molecular flexibility index (Phi) is 8.25. The molecule has 0 spiro atoms. The van der Waals surface area contributed by atoms with Crippen LogP contribution in [0.25, 0.3) is 11.1 Å². The number of phenols is 1. The lowest BCUT2D eigenvalue weighted by molar-refractivity contribution is 0.214. The Morgan fingerprint density at radius 2 is 1.68 bits per heavy atom. The number of phenolic OH excluding ortho intramolecular Hbond substituents is 1. The molecule has 3 aromatic rings. The molecule has 1 aromatic heterocycles. The van der Waals surface area contributed by atoms with Crippen LogP contribution >= 0.6 is 0 Å². The Labute approximate surface area is 185 Å². The van der Waals surface area contributed by atoms with Gasteiger partial charge in [-0.2, -0.15) is 0 Å². The fourth-order valence-corrected chi connectivity index (χ4v) is 3.81. The van der Waals surface area contributed by atoms with E-state index in [1.807, 2.05) is 44.3 Å². The van der Waals surface area contributed by atoms with Crippen LogP contribution in [0.5, 0.6) is 11.6 Å². The minimum absolute atomic E-state index is 0.191. The zero-order valence-electron chi connectivity index (χ0n) is 18.6. The van der Waals surface area contributed by atoms with Crippen molar-refractivity contribution in [3.63, 3.8) is 0 Å². The topological polar surface area (TPSA) is 54.4 Å². The highest BCUT2D eigenvalue weighted by Gasteiger charge is 2.17. The molecule has 1 aliphatic rings. The van der Waals surface area contributed by atoms with E-state index in [0.29, 0.717) is 5.88 Å². The third-order valence-corrected chi connectivity index (χ3v) is 5.26.